The van der Waals surface area contributed by atoms with Crippen LogP contribution in [0.15, 0.2) is 0 Å². The zero-order valence-corrected chi connectivity index (χ0v) is 9.19. The molecule has 0 fully saturated rings. The third-order valence-electron chi connectivity index (χ3n) is 2.04. The summed E-state index contributed by atoms with van der Waals surface area (Å²) in [5.41, 5.74) is 0. The lowest BCUT2D eigenvalue weighted by atomic mass is 10.1. The van der Waals surface area contributed by atoms with Crippen molar-refractivity contribution in [1.82, 2.24) is 4.90 Å². The summed E-state index contributed by atoms with van der Waals surface area (Å²) in [4.78, 5) is 1.87. The number of aliphatic hydroxyl groups is 3. The number of rotatable bonds is 8. The van der Waals surface area contributed by atoms with Crippen LogP contribution in [0.4, 0.5) is 0 Å². The van der Waals surface area contributed by atoms with Gasteiger partial charge < -0.3 is 15.3 Å². The molecule has 0 spiro atoms. The molecule has 3 N–H and O–H groups in total. The minimum Gasteiger partial charge on any atom is -0.395 e. The van der Waals surface area contributed by atoms with Crippen molar-refractivity contribution in [2.75, 3.05) is 32.8 Å². The third-order valence-corrected chi connectivity index (χ3v) is 2.04. The molecule has 0 saturated heterocycles. The van der Waals surface area contributed by atoms with Crippen LogP contribution in [-0.4, -0.2) is 59.2 Å². The van der Waals surface area contributed by atoms with Crippen LogP contribution in [0, 0.1) is 5.92 Å². The van der Waals surface area contributed by atoms with Gasteiger partial charge in [0, 0.05) is 19.6 Å². The molecule has 1 unspecified atom stereocenters. The van der Waals surface area contributed by atoms with Crippen LogP contribution in [0.5, 0.6) is 0 Å². The van der Waals surface area contributed by atoms with E-state index in [-0.39, 0.29) is 19.3 Å². The Hall–Kier alpha value is -0.160. The maximum absolute atomic E-state index is 9.64. The van der Waals surface area contributed by atoms with Crippen molar-refractivity contribution >= 4 is 0 Å². The lowest BCUT2D eigenvalue weighted by Crippen LogP contribution is -2.37. The first-order chi connectivity index (χ1) is 6.60. The van der Waals surface area contributed by atoms with Crippen molar-refractivity contribution in [2.45, 2.75) is 26.4 Å². The molecule has 0 amide bonds. The first kappa shape index (κ1) is 13.8. The van der Waals surface area contributed by atoms with E-state index in [1.54, 1.807) is 0 Å². The van der Waals surface area contributed by atoms with E-state index in [0.29, 0.717) is 25.6 Å². The van der Waals surface area contributed by atoms with E-state index in [2.05, 4.69) is 13.8 Å². The highest BCUT2D eigenvalue weighted by Crippen LogP contribution is 2.05. The molecule has 0 saturated carbocycles. The van der Waals surface area contributed by atoms with Gasteiger partial charge in [-0.25, -0.2) is 0 Å². The Balaban J connectivity index is 3.76. The fraction of sp³-hybridized carbons (Fsp3) is 1.00. The Morgan fingerprint density at radius 3 is 1.93 bits per heavy atom. The van der Waals surface area contributed by atoms with Gasteiger partial charge in [0.2, 0.25) is 0 Å². The number of hydrogen-bond acceptors (Lipinski definition) is 4. The molecule has 4 nitrogen and oxygen atoms in total. The summed E-state index contributed by atoms with van der Waals surface area (Å²) in [5, 5.41) is 27.1. The molecule has 0 radical (unpaired) electrons. The quantitative estimate of drug-likeness (QED) is 0.508. The highest BCUT2D eigenvalue weighted by Gasteiger charge is 2.12. The third kappa shape index (κ3) is 7.26. The van der Waals surface area contributed by atoms with Crippen LogP contribution >= 0.6 is 0 Å². The number of hydrogen-bond donors (Lipinski definition) is 3. The van der Waals surface area contributed by atoms with E-state index in [0.717, 1.165) is 6.42 Å². The summed E-state index contributed by atoms with van der Waals surface area (Å²) in [7, 11) is 0. The SMILES string of the molecule is CC(C)CC(O)CN(CCO)CCO. The van der Waals surface area contributed by atoms with Gasteiger partial charge in [0.05, 0.1) is 19.3 Å². The van der Waals surface area contributed by atoms with Crippen LogP contribution in [-0.2, 0) is 0 Å². The van der Waals surface area contributed by atoms with E-state index in [1.165, 1.54) is 0 Å². The Labute approximate surface area is 86.2 Å². The molecule has 4 heteroatoms. The van der Waals surface area contributed by atoms with E-state index in [4.69, 9.17) is 10.2 Å². The summed E-state index contributed by atoms with van der Waals surface area (Å²) < 4.78 is 0. The Bertz CT molecular complexity index is 125. The predicted octanol–water partition coefficient (Wildman–Crippen LogP) is -0.320. The van der Waals surface area contributed by atoms with Gasteiger partial charge in [0.25, 0.3) is 0 Å². The van der Waals surface area contributed by atoms with Gasteiger partial charge in [0.1, 0.15) is 0 Å². The molecular formula is C10H23NO3. The fourth-order valence-electron chi connectivity index (χ4n) is 1.49. The van der Waals surface area contributed by atoms with Crippen LogP contribution in [0.25, 0.3) is 0 Å². The van der Waals surface area contributed by atoms with Crippen LogP contribution in [0.3, 0.4) is 0 Å². The first-order valence-corrected chi connectivity index (χ1v) is 5.22. The standard InChI is InChI=1S/C10H23NO3/c1-9(2)7-10(14)8-11(3-5-12)4-6-13/h9-10,12-14H,3-8H2,1-2H3. The van der Waals surface area contributed by atoms with Crippen molar-refractivity contribution in [3.05, 3.63) is 0 Å². The normalized spacial score (nSPS) is 13.9. The lowest BCUT2D eigenvalue weighted by Gasteiger charge is -2.24. The number of nitrogens with zero attached hydrogens (tertiary/aromatic N) is 1. The maximum Gasteiger partial charge on any atom is 0.0669 e. The molecular weight excluding hydrogens is 182 g/mol. The van der Waals surface area contributed by atoms with Crippen molar-refractivity contribution in [2.24, 2.45) is 5.92 Å². The minimum atomic E-state index is -0.368. The average Bonchev–Trinajstić information content (AvgIpc) is 2.03. The van der Waals surface area contributed by atoms with Crippen molar-refractivity contribution < 1.29 is 15.3 Å². The van der Waals surface area contributed by atoms with Gasteiger partial charge in [-0.05, 0) is 12.3 Å². The molecule has 0 aromatic heterocycles. The second kappa shape index (κ2) is 8.17. The maximum atomic E-state index is 9.64. The van der Waals surface area contributed by atoms with Gasteiger partial charge in [0.15, 0.2) is 0 Å². The highest BCUT2D eigenvalue weighted by atomic mass is 16.3. The van der Waals surface area contributed by atoms with Gasteiger partial charge in [-0.1, -0.05) is 13.8 Å². The van der Waals surface area contributed by atoms with E-state index >= 15 is 0 Å². The largest absolute Gasteiger partial charge is 0.395 e. The molecule has 0 aliphatic rings. The van der Waals surface area contributed by atoms with E-state index in [1.807, 2.05) is 4.90 Å². The van der Waals surface area contributed by atoms with E-state index < -0.39 is 0 Å². The molecule has 1 atom stereocenters. The summed E-state index contributed by atoms with van der Waals surface area (Å²) in [5.74, 6) is 0.468. The Morgan fingerprint density at radius 1 is 1.07 bits per heavy atom. The molecule has 14 heavy (non-hydrogen) atoms. The topological polar surface area (TPSA) is 63.9 Å². The minimum absolute atomic E-state index is 0.0639. The second-order valence-electron chi connectivity index (χ2n) is 4.03. The van der Waals surface area contributed by atoms with E-state index in [9.17, 15) is 5.11 Å². The van der Waals surface area contributed by atoms with Gasteiger partial charge in [-0.3, -0.25) is 4.90 Å². The molecule has 0 aliphatic carbocycles. The summed E-state index contributed by atoms with van der Waals surface area (Å²) in [6, 6.07) is 0. The predicted molar refractivity (Wildman–Crippen MR) is 56.1 cm³/mol. The summed E-state index contributed by atoms with van der Waals surface area (Å²) in [6.07, 6.45) is 0.390. The first-order valence-electron chi connectivity index (χ1n) is 5.22. The molecule has 0 heterocycles. The summed E-state index contributed by atoms with van der Waals surface area (Å²) >= 11 is 0. The molecule has 0 rings (SSSR count). The molecule has 86 valence electrons. The van der Waals surface area contributed by atoms with Gasteiger partial charge >= 0.3 is 0 Å². The smallest absolute Gasteiger partial charge is 0.0669 e. The molecule has 0 aromatic rings. The zero-order valence-electron chi connectivity index (χ0n) is 9.19. The van der Waals surface area contributed by atoms with Gasteiger partial charge in [-0.15, -0.1) is 0 Å². The van der Waals surface area contributed by atoms with Gasteiger partial charge in [-0.2, -0.15) is 0 Å². The molecule has 0 aromatic carbocycles. The van der Waals surface area contributed by atoms with Crippen LogP contribution in [0.1, 0.15) is 20.3 Å². The molecule has 0 bridgehead atoms. The van der Waals surface area contributed by atoms with Crippen LogP contribution < -0.4 is 0 Å². The Morgan fingerprint density at radius 2 is 1.57 bits per heavy atom. The average molecular weight is 205 g/mol. The molecule has 0 aliphatic heterocycles. The lowest BCUT2D eigenvalue weighted by molar-refractivity contribution is 0.0752. The highest BCUT2D eigenvalue weighted by molar-refractivity contribution is 4.65. The second-order valence-corrected chi connectivity index (χ2v) is 4.03. The number of aliphatic hydroxyl groups excluding tert-OH is 3. The van der Waals surface area contributed by atoms with Crippen molar-refractivity contribution in [3.63, 3.8) is 0 Å². The summed E-state index contributed by atoms with van der Waals surface area (Å²) in [6.45, 7) is 5.80. The van der Waals surface area contributed by atoms with Crippen molar-refractivity contribution in [3.8, 4) is 0 Å². The van der Waals surface area contributed by atoms with Crippen molar-refractivity contribution in [1.29, 1.82) is 0 Å². The van der Waals surface area contributed by atoms with Crippen LogP contribution in [0.2, 0.25) is 0 Å². The Kier molecular flexibility index (Phi) is 8.08. The fourth-order valence-corrected chi connectivity index (χ4v) is 1.49. The monoisotopic (exact) mass is 205 g/mol. The zero-order chi connectivity index (χ0) is 11.0.